The molecule has 0 saturated carbocycles. The molecular formula is C8H14N2O2. The molecule has 12 heavy (non-hydrogen) atoms. The molecule has 0 saturated heterocycles. The van der Waals surface area contributed by atoms with Crippen LogP contribution in [-0.2, 0) is 9.53 Å². The minimum absolute atomic E-state index is 0.00486. The highest BCUT2D eigenvalue weighted by Crippen LogP contribution is 1.98. The number of carbonyl (C=O) groups excluding carboxylic acids is 1. The second-order valence-electron chi connectivity index (χ2n) is 2.85. The number of rotatable bonds is 4. The molecule has 0 aliphatic carbocycles. The first-order valence-corrected chi connectivity index (χ1v) is 3.79. The molecule has 0 aromatic rings. The first-order valence-electron chi connectivity index (χ1n) is 3.79. The fourth-order valence-corrected chi connectivity index (χ4v) is 0.694. The number of hydrogen-bond acceptors (Lipinski definition) is 3. The van der Waals surface area contributed by atoms with Gasteiger partial charge in [-0.2, -0.15) is 5.26 Å². The Kier molecular flexibility index (Phi) is 5.06. The van der Waals surface area contributed by atoms with E-state index in [1.165, 1.54) is 7.11 Å². The number of amides is 1. The zero-order chi connectivity index (χ0) is 9.56. The third-order valence-corrected chi connectivity index (χ3v) is 1.40. The van der Waals surface area contributed by atoms with Crippen molar-refractivity contribution in [3.05, 3.63) is 0 Å². The van der Waals surface area contributed by atoms with Crippen molar-refractivity contribution in [1.29, 1.82) is 5.26 Å². The minimum atomic E-state index is -0.423. The van der Waals surface area contributed by atoms with E-state index >= 15 is 0 Å². The molecule has 4 nitrogen and oxygen atoms in total. The number of nitriles is 1. The van der Waals surface area contributed by atoms with Gasteiger partial charge in [0.2, 0.25) is 5.91 Å². The maximum Gasteiger partial charge on any atom is 0.247 e. The Labute approximate surface area is 72.5 Å². The van der Waals surface area contributed by atoms with Crippen molar-refractivity contribution in [1.82, 2.24) is 5.32 Å². The summed E-state index contributed by atoms with van der Waals surface area (Å²) in [6.07, 6.45) is 0. The number of ether oxygens (including phenoxy) is 1. The Hall–Kier alpha value is -1.08. The molecule has 0 rings (SSSR count). The van der Waals surface area contributed by atoms with E-state index < -0.39 is 6.04 Å². The van der Waals surface area contributed by atoms with Gasteiger partial charge in [-0.3, -0.25) is 4.79 Å². The Balaban J connectivity index is 3.88. The number of nitrogens with one attached hydrogen (secondary N) is 1. The van der Waals surface area contributed by atoms with Gasteiger partial charge in [-0.1, -0.05) is 13.8 Å². The maximum absolute atomic E-state index is 10.9. The number of carbonyl (C=O) groups is 1. The lowest BCUT2D eigenvalue weighted by molar-refractivity contribution is -0.125. The lowest BCUT2D eigenvalue weighted by Crippen LogP contribution is -2.39. The van der Waals surface area contributed by atoms with Crippen LogP contribution in [-0.4, -0.2) is 25.7 Å². The second-order valence-corrected chi connectivity index (χ2v) is 2.85. The Bertz CT molecular complexity index is 184. The largest absolute Gasteiger partial charge is 0.375 e. The van der Waals surface area contributed by atoms with E-state index in [-0.39, 0.29) is 18.4 Å². The lowest BCUT2D eigenvalue weighted by Gasteiger charge is -2.13. The van der Waals surface area contributed by atoms with Gasteiger partial charge < -0.3 is 10.1 Å². The summed E-state index contributed by atoms with van der Waals surface area (Å²) in [6, 6.07) is 1.58. The van der Waals surface area contributed by atoms with Crippen LogP contribution >= 0.6 is 0 Å². The molecule has 0 spiro atoms. The molecule has 0 aliphatic rings. The second kappa shape index (κ2) is 5.56. The van der Waals surface area contributed by atoms with Gasteiger partial charge in [0.15, 0.2) is 0 Å². The van der Waals surface area contributed by atoms with Crippen molar-refractivity contribution in [2.24, 2.45) is 5.92 Å². The van der Waals surface area contributed by atoms with E-state index in [0.29, 0.717) is 0 Å². The molecule has 4 heteroatoms. The molecule has 1 N–H and O–H groups in total. The molecule has 68 valence electrons. The van der Waals surface area contributed by atoms with Crippen molar-refractivity contribution < 1.29 is 9.53 Å². The van der Waals surface area contributed by atoms with E-state index in [4.69, 9.17) is 5.26 Å². The normalized spacial score (nSPS) is 12.2. The SMILES string of the molecule is COCC(=O)NC(C#N)C(C)C. The average molecular weight is 170 g/mol. The maximum atomic E-state index is 10.9. The Morgan fingerprint density at radius 2 is 2.25 bits per heavy atom. The summed E-state index contributed by atoms with van der Waals surface area (Å²) < 4.78 is 4.61. The van der Waals surface area contributed by atoms with Gasteiger partial charge in [0.1, 0.15) is 12.6 Å². The van der Waals surface area contributed by atoms with E-state index in [0.717, 1.165) is 0 Å². The third-order valence-electron chi connectivity index (χ3n) is 1.40. The van der Waals surface area contributed by atoms with Crippen molar-refractivity contribution in [3.8, 4) is 6.07 Å². The quantitative estimate of drug-likeness (QED) is 0.660. The highest BCUT2D eigenvalue weighted by molar-refractivity contribution is 5.77. The van der Waals surface area contributed by atoms with Crippen molar-refractivity contribution >= 4 is 5.91 Å². The molecule has 0 radical (unpaired) electrons. The van der Waals surface area contributed by atoms with Crippen LogP contribution in [0.25, 0.3) is 0 Å². The van der Waals surface area contributed by atoms with E-state index in [9.17, 15) is 4.79 Å². The van der Waals surface area contributed by atoms with Gasteiger partial charge in [0.05, 0.1) is 6.07 Å². The van der Waals surface area contributed by atoms with Crippen LogP contribution in [0.15, 0.2) is 0 Å². The molecule has 1 unspecified atom stereocenters. The lowest BCUT2D eigenvalue weighted by atomic mass is 10.1. The summed E-state index contributed by atoms with van der Waals surface area (Å²) in [7, 11) is 1.44. The predicted octanol–water partition coefficient (Wildman–Crippen LogP) is 0.297. The molecule has 1 atom stereocenters. The molecule has 0 aromatic carbocycles. The monoisotopic (exact) mass is 170 g/mol. The topological polar surface area (TPSA) is 62.1 Å². The zero-order valence-electron chi connectivity index (χ0n) is 7.63. The first-order chi connectivity index (χ1) is 5.61. The van der Waals surface area contributed by atoms with Gasteiger partial charge in [-0.25, -0.2) is 0 Å². The number of nitrogens with zero attached hydrogens (tertiary/aromatic N) is 1. The summed E-state index contributed by atoms with van der Waals surface area (Å²) >= 11 is 0. The van der Waals surface area contributed by atoms with Crippen LogP contribution in [0.5, 0.6) is 0 Å². The van der Waals surface area contributed by atoms with E-state index in [1.807, 2.05) is 19.9 Å². The van der Waals surface area contributed by atoms with Crippen LogP contribution in [0.4, 0.5) is 0 Å². The fraction of sp³-hybridized carbons (Fsp3) is 0.750. The van der Waals surface area contributed by atoms with Crippen LogP contribution in [0.1, 0.15) is 13.8 Å². The Morgan fingerprint density at radius 1 is 1.67 bits per heavy atom. The van der Waals surface area contributed by atoms with Gasteiger partial charge in [-0.15, -0.1) is 0 Å². The van der Waals surface area contributed by atoms with E-state index in [2.05, 4.69) is 10.1 Å². The van der Waals surface area contributed by atoms with Crippen molar-refractivity contribution in [3.63, 3.8) is 0 Å². The van der Waals surface area contributed by atoms with Crippen LogP contribution in [0, 0.1) is 17.2 Å². The summed E-state index contributed by atoms with van der Waals surface area (Å²) in [5.74, 6) is -0.131. The summed E-state index contributed by atoms with van der Waals surface area (Å²) in [6.45, 7) is 3.76. The summed E-state index contributed by atoms with van der Waals surface area (Å²) in [4.78, 5) is 10.9. The van der Waals surface area contributed by atoms with Crippen LogP contribution in [0.2, 0.25) is 0 Å². The first kappa shape index (κ1) is 10.9. The number of hydrogen-bond donors (Lipinski definition) is 1. The van der Waals surface area contributed by atoms with Crippen molar-refractivity contribution in [2.45, 2.75) is 19.9 Å². The Morgan fingerprint density at radius 3 is 2.58 bits per heavy atom. The minimum Gasteiger partial charge on any atom is -0.375 e. The average Bonchev–Trinajstić information content (AvgIpc) is 2.00. The third kappa shape index (κ3) is 3.94. The highest BCUT2D eigenvalue weighted by Gasteiger charge is 2.14. The smallest absolute Gasteiger partial charge is 0.247 e. The van der Waals surface area contributed by atoms with E-state index in [1.54, 1.807) is 0 Å². The molecular weight excluding hydrogens is 156 g/mol. The van der Waals surface area contributed by atoms with Gasteiger partial charge in [0.25, 0.3) is 0 Å². The summed E-state index contributed by atoms with van der Waals surface area (Å²) in [5.41, 5.74) is 0. The molecule has 0 bridgehead atoms. The molecule has 1 amide bonds. The van der Waals surface area contributed by atoms with Gasteiger partial charge in [0, 0.05) is 7.11 Å². The van der Waals surface area contributed by atoms with Crippen LogP contribution in [0.3, 0.4) is 0 Å². The summed E-state index contributed by atoms with van der Waals surface area (Å²) in [5, 5.41) is 11.2. The molecule has 0 heterocycles. The molecule has 0 aliphatic heterocycles. The van der Waals surface area contributed by atoms with Gasteiger partial charge in [-0.05, 0) is 5.92 Å². The fourth-order valence-electron chi connectivity index (χ4n) is 0.694. The standard InChI is InChI=1S/C8H14N2O2/c1-6(2)7(4-9)10-8(11)5-12-3/h6-7H,5H2,1-3H3,(H,10,11). The van der Waals surface area contributed by atoms with Crippen LogP contribution < -0.4 is 5.32 Å². The zero-order valence-corrected chi connectivity index (χ0v) is 7.63. The van der Waals surface area contributed by atoms with Crippen molar-refractivity contribution in [2.75, 3.05) is 13.7 Å². The highest BCUT2D eigenvalue weighted by atomic mass is 16.5. The predicted molar refractivity (Wildman–Crippen MR) is 44.3 cm³/mol. The molecule has 0 fully saturated rings. The molecule has 0 aromatic heterocycles. The number of methoxy groups -OCH3 is 1. The van der Waals surface area contributed by atoms with Gasteiger partial charge >= 0.3 is 0 Å².